The molecule has 2 aromatic heterocycles. The van der Waals surface area contributed by atoms with Crippen LogP contribution in [0.25, 0.3) is 0 Å². The number of aromatic nitrogens is 1. The Hall–Kier alpha value is -1.75. The van der Waals surface area contributed by atoms with Crippen molar-refractivity contribution in [2.45, 2.75) is 6.42 Å². The van der Waals surface area contributed by atoms with Crippen LogP contribution in [0.2, 0.25) is 0 Å². The number of anilines is 1. The smallest absolute Gasteiger partial charge is 0.267 e. The topological polar surface area (TPSA) is 60.0 Å². The maximum atomic E-state index is 11.8. The fourth-order valence-corrected chi connectivity index (χ4v) is 2.37. The molecule has 0 saturated heterocycles. The van der Waals surface area contributed by atoms with Crippen LogP contribution >= 0.6 is 11.3 Å². The van der Waals surface area contributed by atoms with Crippen molar-refractivity contribution < 1.29 is 4.79 Å². The van der Waals surface area contributed by atoms with Gasteiger partial charge >= 0.3 is 0 Å². The number of hydrogen-bond donors (Lipinski definition) is 2. The Labute approximate surface area is 104 Å². The van der Waals surface area contributed by atoms with E-state index < -0.39 is 0 Å². The van der Waals surface area contributed by atoms with E-state index in [-0.39, 0.29) is 5.91 Å². The summed E-state index contributed by atoms with van der Waals surface area (Å²) in [5.74, 6) is -0.0826. The minimum atomic E-state index is -0.0826. The monoisotopic (exact) mass is 249 g/mol. The van der Waals surface area contributed by atoms with E-state index in [0.717, 1.165) is 6.42 Å². The van der Waals surface area contributed by atoms with Gasteiger partial charge in [0.1, 0.15) is 5.69 Å². The van der Waals surface area contributed by atoms with Gasteiger partial charge in [0.05, 0.1) is 5.69 Å². The molecular formula is C12H15N3OS. The lowest BCUT2D eigenvalue weighted by Crippen LogP contribution is -2.27. The number of hydrogen-bond acceptors (Lipinski definition) is 3. The Morgan fingerprint density at radius 1 is 1.59 bits per heavy atom. The summed E-state index contributed by atoms with van der Waals surface area (Å²) in [5, 5.41) is 4.92. The Bertz CT molecular complexity index is 502. The molecule has 0 aliphatic carbocycles. The summed E-state index contributed by atoms with van der Waals surface area (Å²) in [5.41, 5.74) is 6.82. The maximum absolute atomic E-state index is 11.8. The van der Waals surface area contributed by atoms with E-state index in [2.05, 4.69) is 11.4 Å². The second kappa shape index (κ2) is 5.05. The van der Waals surface area contributed by atoms with Crippen LogP contribution in [0.15, 0.2) is 29.8 Å². The lowest BCUT2D eigenvalue weighted by molar-refractivity contribution is 0.0946. The van der Waals surface area contributed by atoms with Crippen molar-refractivity contribution in [3.05, 3.63) is 40.3 Å². The first-order chi connectivity index (χ1) is 8.16. The van der Waals surface area contributed by atoms with Gasteiger partial charge in [-0.25, -0.2) is 0 Å². The highest BCUT2D eigenvalue weighted by Gasteiger charge is 2.09. The summed E-state index contributed by atoms with van der Waals surface area (Å²) < 4.78 is 1.73. The predicted octanol–water partition coefficient (Wildman–Crippen LogP) is 1.64. The van der Waals surface area contributed by atoms with Crippen LogP contribution in [-0.2, 0) is 13.5 Å². The Morgan fingerprint density at radius 2 is 2.41 bits per heavy atom. The Kier molecular flexibility index (Phi) is 3.49. The molecule has 5 heteroatoms. The summed E-state index contributed by atoms with van der Waals surface area (Å²) in [6.07, 6.45) is 2.59. The van der Waals surface area contributed by atoms with E-state index in [4.69, 9.17) is 5.73 Å². The number of carbonyl (C=O) groups excluding carboxylic acids is 1. The fraction of sp³-hybridized carbons (Fsp3) is 0.250. The number of carbonyl (C=O) groups is 1. The number of nitrogens with two attached hydrogens (primary N) is 1. The molecule has 0 aliphatic heterocycles. The molecular weight excluding hydrogens is 234 g/mol. The lowest BCUT2D eigenvalue weighted by Gasteiger charge is -2.04. The van der Waals surface area contributed by atoms with Crippen LogP contribution in [0.1, 0.15) is 15.4 Å². The number of nitrogen functional groups attached to an aromatic ring is 1. The molecule has 1 amide bonds. The SMILES string of the molecule is Cn1cc(N)cc1C(=O)NCCc1cccs1. The molecule has 0 aliphatic rings. The van der Waals surface area contributed by atoms with E-state index in [1.807, 2.05) is 18.5 Å². The van der Waals surface area contributed by atoms with Crippen LogP contribution in [0.5, 0.6) is 0 Å². The number of nitrogens with one attached hydrogen (secondary N) is 1. The minimum Gasteiger partial charge on any atom is -0.397 e. The van der Waals surface area contributed by atoms with Crippen LogP contribution in [0.3, 0.4) is 0 Å². The molecule has 4 nitrogen and oxygen atoms in total. The van der Waals surface area contributed by atoms with Gasteiger partial charge in [-0.3, -0.25) is 4.79 Å². The first-order valence-corrected chi connectivity index (χ1v) is 6.27. The predicted molar refractivity (Wildman–Crippen MR) is 70.2 cm³/mol. The number of amides is 1. The van der Waals surface area contributed by atoms with E-state index in [9.17, 15) is 4.79 Å². The molecule has 0 atom stereocenters. The summed E-state index contributed by atoms with van der Waals surface area (Å²) >= 11 is 1.70. The average molecular weight is 249 g/mol. The lowest BCUT2D eigenvalue weighted by atomic mass is 10.3. The molecule has 2 heterocycles. The molecule has 90 valence electrons. The summed E-state index contributed by atoms with van der Waals surface area (Å²) in [4.78, 5) is 13.1. The summed E-state index contributed by atoms with van der Waals surface area (Å²) in [6, 6.07) is 5.76. The van der Waals surface area contributed by atoms with Crippen molar-refractivity contribution in [2.75, 3.05) is 12.3 Å². The van der Waals surface area contributed by atoms with E-state index >= 15 is 0 Å². The van der Waals surface area contributed by atoms with Crippen LogP contribution in [-0.4, -0.2) is 17.0 Å². The maximum Gasteiger partial charge on any atom is 0.267 e. The Balaban J connectivity index is 1.87. The summed E-state index contributed by atoms with van der Waals surface area (Å²) in [7, 11) is 1.81. The van der Waals surface area contributed by atoms with E-state index in [1.54, 1.807) is 28.2 Å². The molecule has 3 N–H and O–H groups in total. The highest BCUT2D eigenvalue weighted by Crippen LogP contribution is 2.10. The minimum absolute atomic E-state index is 0.0826. The van der Waals surface area contributed by atoms with Crippen LogP contribution in [0.4, 0.5) is 5.69 Å². The third-order valence-electron chi connectivity index (χ3n) is 2.50. The molecule has 2 aromatic rings. The highest BCUT2D eigenvalue weighted by molar-refractivity contribution is 7.09. The summed E-state index contributed by atoms with van der Waals surface area (Å²) in [6.45, 7) is 0.643. The largest absolute Gasteiger partial charge is 0.397 e. The standard InChI is InChI=1S/C12H15N3OS/c1-15-8-9(13)7-11(15)12(16)14-5-4-10-3-2-6-17-10/h2-3,6-8H,4-5,13H2,1H3,(H,14,16). The van der Waals surface area contributed by atoms with Gasteiger partial charge in [0.25, 0.3) is 5.91 Å². The van der Waals surface area contributed by atoms with Gasteiger partial charge in [-0.1, -0.05) is 6.07 Å². The van der Waals surface area contributed by atoms with Crippen molar-refractivity contribution in [2.24, 2.45) is 7.05 Å². The van der Waals surface area contributed by atoms with Crippen LogP contribution < -0.4 is 11.1 Å². The van der Waals surface area contributed by atoms with E-state index in [0.29, 0.717) is 17.9 Å². The van der Waals surface area contributed by atoms with Crippen molar-refractivity contribution in [1.82, 2.24) is 9.88 Å². The quantitative estimate of drug-likeness (QED) is 0.865. The molecule has 0 saturated carbocycles. The van der Waals surface area contributed by atoms with Crippen molar-refractivity contribution in [1.29, 1.82) is 0 Å². The van der Waals surface area contributed by atoms with Gasteiger partial charge in [-0.2, -0.15) is 0 Å². The Morgan fingerprint density at radius 3 is 3.00 bits per heavy atom. The molecule has 2 rings (SSSR count). The zero-order valence-corrected chi connectivity index (χ0v) is 10.5. The van der Waals surface area contributed by atoms with E-state index in [1.165, 1.54) is 4.88 Å². The molecule has 0 fully saturated rings. The van der Waals surface area contributed by atoms with Gasteiger partial charge in [0.2, 0.25) is 0 Å². The first-order valence-electron chi connectivity index (χ1n) is 5.39. The number of aryl methyl sites for hydroxylation is 1. The normalized spacial score (nSPS) is 10.4. The van der Waals surface area contributed by atoms with Gasteiger partial charge in [-0.05, 0) is 23.9 Å². The van der Waals surface area contributed by atoms with Crippen LogP contribution in [0, 0.1) is 0 Å². The highest BCUT2D eigenvalue weighted by atomic mass is 32.1. The van der Waals surface area contributed by atoms with Gasteiger partial charge in [-0.15, -0.1) is 11.3 Å². The van der Waals surface area contributed by atoms with Crippen molar-refractivity contribution >= 4 is 22.9 Å². The molecule has 17 heavy (non-hydrogen) atoms. The van der Waals surface area contributed by atoms with Gasteiger partial charge in [0, 0.05) is 24.7 Å². The third-order valence-corrected chi connectivity index (χ3v) is 3.43. The first kappa shape index (κ1) is 11.7. The third kappa shape index (κ3) is 2.88. The fourth-order valence-electron chi connectivity index (χ4n) is 1.66. The zero-order chi connectivity index (χ0) is 12.3. The second-order valence-electron chi connectivity index (χ2n) is 3.85. The van der Waals surface area contributed by atoms with Gasteiger partial charge in [0.15, 0.2) is 0 Å². The molecule has 0 spiro atoms. The molecule has 0 unspecified atom stereocenters. The zero-order valence-electron chi connectivity index (χ0n) is 9.64. The molecule has 0 aromatic carbocycles. The molecule has 0 bridgehead atoms. The second-order valence-corrected chi connectivity index (χ2v) is 4.89. The number of thiophene rings is 1. The molecule has 0 radical (unpaired) electrons. The number of nitrogens with zero attached hydrogens (tertiary/aromatic N) is 1. The number of rotatable bonds is 4. The van der Waals surface area contributed by atoms with Crippen molar-refractivity contribution in [3.8, 4) is 0 Å². The van der Waals surface area contributed by atoms with Gasteiger partial charge < -0.3 is 15.6 Å². The van der Waals surface area contributed by atoms with Crippen molar-refractivity contribution in [3.63, 3.8) is 0 Å². The average Bonchev–Trinajstić information content (AvgIpc) is 2.88.